The third-order valence-corrected chi connectivity index (χ3v) is 1.86. The van der Waals surface area contributed by atoms with Crippen molar-refractivity contribution in [2.45, 2.75) is 20.1 Å². The Labute approximate surface area is 61.5 Å². The molecule has 0 fully saturated rings. The van der Waals surface area contributed by atoms with Gasteiger partial charge < -0.3 is 10.1 Å². The van der Waals surface area contributed by atoms with Crippen LogP contribution in [0.25, 0.3) is 0 Å². The lowest BCUT2D eigenvalue weighted by atomic mass is 10.4. The molecule has 0 saturated heterocycles. The summed E-state index contributed by atoms with van der Waals surface area (Å²) in [6, 6.07) is 0. The van der Waals surface area contributed by atoms with E-state index < -0.39 is 6.23 Å². The molecule has 1 rings (SSSR count). The Kier molecular flexibility index (Phi) is 1.97. The molecule has 0 aliphatic carbocycles. The highest BCUT2D eigenvalue weighted by atomic mass is 16.3. The zero-order valence-corrected chi connectivity index (χ0v) is 6.70. The van der Waals surface area contributed by atoms with Gasteiger partial charge in [0, 0.05) is 19.3 Å². The topological polar surface area (TPSA) is 26.7 Å². The zero-order chi connectivity index (χ0) is 7.72. The zero-order valence-electron chi connectivity index (χ0n) is 6.70. The number of hydrogen-bond donors (Lipinski definition) is 1. The second-order valence-corrected chi connectivity index (χ2v) is 2.51. The summed E-state index contributed by atoms with van der Waals surface area (Å²) < 4.78 is 0. The van der Waals surface area contributed by atoms with Gasteiger partial charge in [-0.2, -0.15) is 5.01 Å². The molecule has 0 aromatic heterocycles. The van der Waals surface area contributed by atoms with Crippen molar-refractivity contribution in [3.05, 3.63) is 11.8 Å². The summed E-state index contributed by atoms with van der Waals surface area (Å²) in [5.74, 6) is 0. The first kappa shape index (κ1) is 7.57. The van der Waals surface area contributed by atoms with Gasteiger partial charge in [-0.3, -0.25) is 0 Å². The van der Waals surface area contributed by atoms with Crippen molar-refractivity contribution in [2.75, 3.05) is 13.6 Å². The number of nitrogens with zero attached hydrogens (tertiary/aromatic N) is 2. The van der Waals surface area contributed by atoms with Gasteiger partial charge in [0.2, 0.25) is 0 Å². The standard InChI is InChI=1S/C7H14N2O/c1-4-9-6(2)5-7(10)8(9)3/h5,7,10H,4H2,1-3H3. The van der Waals surface area contributed by atoms with E-state index in [0.29, 0.717) is 0 Å². The van der Waals surface area contributed by atoms with Crippen molar-refractivity contribution in [1.29, 1.82) is 0 Å². The maximum Gasteiger partial charge on any atom is 0.144 e. The summed E-state index contributed by atoms with van der Waals surface area (Å²) in [6.45, 7) is 4.97. The van der Waals surface area contributed by atoms with Crippen LogP contribution in [0.3, 0.4) is 0 Å². The molecular weight excluding hydrogens is 128 g/mol. The molecule has 3 heteroatoms. The van der Waals surface area contributed by atoms with E-state index in [9.17, 15) is 5.11 Å². The van der Waals surface area contributed by atoms with E-state index in [4.69, 9.17) is 0 Å². The minimum atomic E-state index is -0.431. The Morgan fingerprint density at radius 2 is 2.30 bits per heavy atom. The van der Waals surface area contributed by atoms with Gasteiger partial charge in [-0.25, -0.2) is 0 Å². The molecule has 0 bridgehead atoms. The van der Waals surface area contributed by atoms with Crippen LogP contribution in [-0.2, 0) is 0 Å². The first-order valence-corrected chi connectivity index (χ1v) is 3.53. The van der Waals surface area contributed by atoms with E-state index in [1.807, 2.05) is 30.1 Å². The number of allylic oxidation sites excluding steroid dienone is 1. The Morgan fingerprint density at radius 3 is 2.50 bits per heavy atom. The van der Waals surface area contributed by atoms with E-state index in [2.05, 4.69) is 6.92 Å². The highest BCUT2D eigenvalue weighted by Gasteiger charge is 2.22. The fourth-order valence-corrected chi connectivity index (χ4v) is 1.27. The SMILES string of the molecule is CCN1C(C)=CC(O)N1C. The third-order valence-electron chi connectivity index (χ3n) is 1.86. The predicted octanol–water partition coefficient (Wildman–Crippen LogP) is 0.391. The molecule has 1 atom stereocenters. The van der Waals surface area contributed by atoms with Gasteiger partial charge in [-0.1, -0.05) is 0 Å². The van der Waals surface area contributed by atoms with E-state index in [1.54, 1.807) is 0 Å². The largest absolute Gasteiger partial charge is 0.373 e. The fraction of sp³-hybridized carbons (Fsp3) is 0.714. The number of hydrazine groups is 1. The first-order valence-electron chi connectivity index (χ1n) is 3.53. The summed E-state index contributed by atoms with van der Waals surface area (Å²) in [5.41, 5.74) is 1.12. The van der Waals surface area contributed by atoms with Gasteiger partial charge >= 0.3 is 0 Å². The lowest BCUT2D eigenvalue weighted by molar-refractivity contribution is -0.0507. The van der Waals surface area contributed by atoms with Crippen molar-refractivity contribution < 1.29 is 5.11 Å². The molecule has 0 spiro atoms. The van der Waals surface area contributed by atoms with Gasteiger partial charge in [-0.05, 0) is 19.9 Å². The van der Waals surface area contributed by atoms with Crippen LogP contribution >= 0.6 is 0 Å². The van der Waals surface area contributed by atoms with Crippen LogP contribution in [-0.4, -0.2) is 34.9 Å². The van der Waals surface area contributed by atoms with Crippen LogP contribution in [0.1, 0.15) is 13.8 Å². The molecule has 1 aliphatic rings. The van der Waals surface area contributed by atoms with Crippen LogP contribution in [0.2, 0.25) is 0 Å². The van der Waals surface area contributed by atoms with Crippen LogP contribution in [0.4, 0.5) is 0 Å². The lowest BCUT2D eigenvalue weighted by Gasteiger charge is -2.28. The summed E-state index contributed by atoms with van der Waals surface area (Å²) >= 11 is 0. The molecule has 1 unspecified atom stereocenters. The van der Waals surface area contributed by atoms with E-state index in [0.717, 1.165) is 12.2 Å². The number of aliphatic hydroxyl groups excluding tert-OH is 1. The average Bonchev–Trinajstić information content (AvgIpc) is 2.09. The van der Waals surface area contributed by atoms with Gasteiger partial charge in [-0.15, -0.1) is 0 Å². The third kappa shape index (κ3) is 1.02. The van der Waals surface area contributed by atoms with Crippen molar-refractivity contribution in [1.82, 2.24) is 10.0 Å². The van der Waals surface area contributed by atoms with Gasteiger partial charge in [0.25, 0.3) is 0 Å². The second-order valence-electron chi connectivity index (χ2n) is 2.51. The number of aliphatic hydroxyl groups is 1. The molecule has 1 heterocycles. The normalized spacial score (nSPS) is 27.4. The van der Waals surface area contributed by atoms with Crippen LogP contribution < -0.4 is 0 Å². The molecule has 0 amide bonds. The summed E-state index contributed by atoms with van der Waals surface area (Å²) in [6.07, 6.45) is 1.41. The van der Waals surface area contributed by atoms with Crippen molar-refractivity contribution in [3.63, 3.8) is 0 Å². The van der Waals surface area contributed by atoms with Crippen molar-refractivity contribution in [2.24, 2.45) is 0 Å². The number of likely N-dealkylation sites (N-methyl/N-ethyl adjacent to an activating group) is 1. The van der Waals surface area contributed by atoms with Gasteiger partial charge in [0.05, 0.1) is 0 Å². The minimum Gasteiger partial charge on any atom is -0.373 e. The quantitative estimate of drug-likeness (QED) is 0.573. The van der Waals surface area contributed by atoms with Gasteiger partial charge in [0.1, 0.15) is 6.23 Å². The minimum absolute atomic E-state index is 0.431. The highest BCUT2D eigenvalue weighted by Crippen LogP contribution is 2.17. The fourth-order valence-electron chi connectivity index (χ4n) is 1.27. The van der Waals surface area contributed by atoms with Crippen LogP contribution in [0.15, 0.2) is 11.8 Å². The molecule has 0 aromatic rings. The predicted molar refractivity (Wildman–Crippen MR) is 39.9 cm³/mol. The Balaban J connectivity index is 2.68. The Hall–Kier alpha value is -0.540. The van der Waals surface area contributed by atoms with Crippen LogP contribution in [0, 0.1) is 0 Å². The molecule has 3 nitrogen and oxygen atoms in total. The molecular formula is C7H14N2O. The molecule has 1 N–H and O–H groups in total. The van der Waals surface area contributed by atoms with Gasteiger partial charge in [0.15, 0.2) is 0 Å². The number of hydrogen-bond acceptors (Lipinski definition) is 3. The molecule has 1 aliphatic heterocycles. The summed E-state index contributed by atoms with van der Waals surface area (Å²) in [5, 5.41) is 13.1. The maximum atomic E-state index is 9.28. The Morgan fingerprint density at radius 1 is 1.70 bits per heavy atom. The van der Waals surface area contributed by atoms with E-state index in [-0.39, 0.29) is 0 Å². The Bertz CT molecular complexity index is 156. The molecule has 10 heavy (non-hydrogen) atoms. The molecule has 0 saturated carbocycles. The average molecular weight is 142 g/mol. The van der Waals surface area contributed by atoms with Crippen molar-refractivity contribution in [3.8, 4) is 0 Å². The van der Waals surface area contributed by atoms with E-state index in [1.165, 1.54) is 0 Å². The van der Waals surface area contributed by atoms with Crippen molar-refractivity contribution >= 4 is 0 Å². The molecule has 0 radical (unpaired) electrons. The monoisotopic (exact) mass is 142 g/mol. The molecule has 58 valence electrons. The first-order chi connectivity index (χ1) is 4.66. The molecule has 0 aromatic carbocycles. The lowest BCUT2D eigenvalue weighted by Crippen LogP contribution is -2.38. The van der Waals surface area contributed by atoms with E-state index >= 15 is 0 Å². The highest BCUT2D eigenvalue weighted by molar-refractivity contribution is 5.05. The summed E-state index contributed by atoms with van der Waals surface area (Å²) in [4.78, 5) is 0. The summed E-state index contributed by atoms with van der Waals surface area (Å²) in [7, 11) is 1.88. The smallest absolute Gasteiger partial charge is 0.144 e. The second kappa shape index (κ2) is 2.60. The maximum absolute atomic E-state index is 9.28. The van der Waals surface area contributed by atoms with Crippen LogP contribution in [0.5, 0.6) is 0 Å². The number of rotatable bonds is 1.